The quantitative estimate of drug-likeness (QED) is 0.781. The summed E-state index contributed by atoms with van der Waals surface area (Å²) >= 11 is 0. The van der Waals surface area contributed by atoms with E-state index in [4.69, 9.17) is 0 Å². The van der Waals surface area contributed by atoms with Crippen LogP contribution in [0.4, 0.5) is 5.95 Å². The zero-order valence-corrected chi connectivity index (χ0v) is 9.25. The first-order chi connectivity index (χ1) is 7.25. The van der Waals surface area contributed by atoms with Crippen molar-refractivity contribution in [2.75, 3.05) is 19.0 Å². The van der Waals surface area contributed by atoms with Crippen molar-refractivity contribution in [3.8, 4) is 0 Å². The molecular weight excluding hydrogens is 188 g/mol. The van der Waals surface area contributed by atoms with E-state index >= 15 is 0 Å². The maximum atomic E-state index is 4.68. The number of nitrogens with one attached hydrogen (secondary N) is 1. The van der Waals surface area contributed by atoms with Crippen molar-refractivity contribution in [2.24, 2.45) is 0 Å². The van der Waals surface area contributed by atoms with Gasteiger partial charge in [0.25, 0.3) is 0 Å². The average Bonchev–Trinajstić information content (AvgIpc) is 2.94. The first-order valence-electron chi connectivity index (χ1n) is 5.53. The molecule has 3 rings (SSSR count). The molecular formula is C11H16N4. The van der Waals surface area contributed by atoms with Crippen molar-refractivity contribution in [1.29, 1.82) is 0 Å². The lowest BCUT2D eigenvalue weighted by molar-refractivity contribution is 0.755. The smallest absolute Gasteiger partial charge is 0.225 e. The van der Waals surface area contributed by atoms with Gasteiger partial charge in [0.15, 0.2) is 0 Å². The molecule has 2 heterocycles. The van der Waals surface area contributed by atoms with Crippen LogP contribution < -0.4 is 10.2 Å². The second kappa shape index (κ2) is 3.17. The van der Waals surface area contributed by atoms with Gasteiger partial charge in [-0.05, 0) is 12.8 Å². The van der Waals surface area contributed by atoms with Gasteiger partial charge in [-0.25, -0.2) is 9.97 Å². The SMILES string of the molecule is CN(C)c1nc2c(c(C3CC3)n1)CNC2. The Morgan fingerprint density at radius 3 is 2.67 bits per heavy atom. The molecule has 0 spiro atoms. The Morgan fingerprint density at radius 1 is 1.20 bits per heavy atom. The summed E-state index contributed by atoms with van der Waals surface area (Å²) in [6.07, 6.45) is 2.60. The van der Waals surface area contributed by atoms with Gasteiger partial charge in [0, 0.05) is 38.7 Å². The highest BCUT2D eigenvalue weighted by molar-refractivity contribution is 5.40. The summed E-state index contributed by atoms with van der Waals surface area (Å²) in [6, 6.07) is 0. The third-order valence-corrected chi connectivity index (χ3v) is 3.07. The minimum Gasteiger partial charge on any atom is -0.347 e. The fourth-order valence-electron chi connectivity index (χ4n) is 2.08. The normalized spacial score (nSPS) is 19.1. The molecule has 15 heavy (non-hydrogen) atoms. The molecule has 0 aromatic carbocycles. The second-order valence-corrected chi connectivity index (χ2v) is 4.61. The van der Waals surface area contributed by atoms with E-state index < -0.39 is 0 Å². The van der Waals surface area contributed by atoms with Crippen LogP contribution in [0.25, 0.3) is 0 Å². The van der Waals surface area contributed by atoms with Crippen LogP contribution in [0.2, 0.25) is 0 Å². The van der Waals surface area contributed by atoms with E-state index in [0.717, 1.165) is 19.0 Å². The van der Waals surface area contributed by atoms with Crippen molar-refractivity contribution >= 4 is 5.95 Å². The summed E-state index contributed by atoms with van der Waals surface area (Å²) in [4.78, 5) is 11.2. The Labute approximate surface area is 89.7 Å². The number of hydrogen-bond donors (Lipinski definition) is 1. The first kappa shape index (κ1) is 9.09. The van der Waals surface area contributed by atoms with Crippen LogP contribution in [0.3, 0.4) is 0 Å². The minimum absolute atomic E-state index is 0.709. The molecule has 0 amide bonds. The maximum Gasteiger partial charge on any atom is 0.225 e. The maximum absolute atomic E-state index is 4.68. The van der Waals surface area contributed by atoms with Gasteiger partial charge in [-0.2, -0.15) is 0 Å². The lowest BCUT2D eigenvalue weighted by Crippen LogP contribution is -2.15. The van der Waals surface area contributed by atoms with Crippen molar-refractivity contribution < 1.29 is 0 Å². The van der Waals surface area contributed by atoms with E-state index in [9.17, 15) is 0 Å². The van der Waals surface area contributed by atoms with Crippen LogP contribution in [-0.2, 0) is 13.1 Å². The summed E-state index contributed by atoms with van der Waals surface area (Å²) in [7, 11) is 4.00. The number of aromatic nitrogens is 2. The molecule has 1 aliphatic carbocycles. The molecule has 1 aromatic heterocycles. The number of rotatable bonds is 2. The molecule has 80 valence electrons. The Bertz CT molecular complexity index is 396. The predicted octanol–water partition coefficient (Wildman–Crippen LogP) is 1.02. The fraction of sp³-hybridized carbons (Fsp3) is 0.636. The second-order valence-electron chi connectivity index (χ2n) is 4.61. The van der Waals surface area contributed by atoms with Crippen molar-refractivity contribution in [2.45, 2.75) is 31.8 Å². The highest BCUT2D eigenvalue weighted by Crippen LogP contribution is 2.42. The highest BCUT2D eigenvalue weighted by atomic mass is 15.2. The fourth-order valence-corrected chi connectivity index (χ4v) is 2.08. The number of hydrogen-bond acceptors (Lipinski definition) is 4. The molecule has 1 aliphatic heterocycles. The van der Waals surface area contributed by atoms with Gasteiger partial charge in [0.05, 0.1) is 11.4 Å². The topological polar surface area (TPSA) is 41.1 Å². The van der Waals surface area contributed by atoms with Gasteiger partial charge in [-0.15, -0.1) is 0 Å². The van der Waals surface area contributed by atoms with Crippen LogP contribution in [-0.4, -0.2) is 24.1 Å². The zero-order valence-electron chi connectivity index (χ0n) is 9.25. The van der Waals surface area contributed by atoms with Gasteiger partial charge >= 0.3 is 0 Å². The van der Waals surface area contributed by atoms with Crippen LogP contribution in [0, 0.1) is 0 Å². The number of anilines is 1. The monoisotopic (exact) mass is 204 g/mol. The molecule has 1 aromatic rings. The molecule has 0 saturated heterocycles. The van der Waals surface area contributed by atoms with Crippen LogP contribution in [0.1, 0.15) is 35.7 Å². The van der Waals surface area contributed by atoms with Gasteiger partial charge < -0.3 is 10.2 Å². The van der Waals surface area contributed by atoms with E-state index in [1.165, 1.54) is 29.8 Å². The number of fused-ring (bicyclic) bond motifs is 1. The van der Waals surface area contributed by atoms with E-state index in [1.54, 1.807) is 0 Å². The minimum atomic E-state index is 0.709. The standard InChI is InChI=1S/C11H16N4/c1-15(2)11-13-9-6-12-5-8(9)10(14-11)7-3-4-7/h7,12H,3-6H2,1-2H3. The Balaban J connectivity index is 2.10. The summed E-state index contributed by atoms with van der Waals surface area (Å²) in [5.41, 5.74) is 3.87. The third-order valence-electron chi connectivity index (χ3n) is 3.07. The molecule has 0 unspecified atom stereocenters. The molecule has 1 saturated carbocycles. The van der Waals surface area contributed by atoms with Gasteiger partial charge in [-0.3, -0.25) is 0 Å². The molecule has 0 radical (unpaired) electrons. The molecule has 2 aliphatic rings. The van der Waals surface area contributed by atoms with E-state index in [1.807, 2.05) is 19.0 Å². The third kappa shape index (κ3) is 1.49. The van der Waals surface area contributed by atoms with Gasteiger partial charge in [0.1, 0.15) is 0 Å². The summed E-state index contributed by atoms with van der Waals surface area (Å²) in [5, 5.41) is 3.36. The Kier molecular flexibility index (Phi) is 1.92. The molecule has 0 atom stereocenters. The molecule has 1 fully saturated rings. The van der Waals surface area contributed by atoms with Crippen LogP contribution >= 0.6 is 0 Å². The van der Waals surface area contributed by atoms with E-state index in [-0.39, 0.29) is 0 Å². The van der Waals surface area contributed by atoms with Crippen LogP contribution in [0.15, 0.2) is 0 Å². The van der Waals surface area contributed by atoms with Gasteiger partial charge in [0.2, 0.25) is 5.95 Å². The summed E-state index contributed by atoms with van der Waals surface area (Å²) < 4.78 is 0. The largest absolute Gasteiger partial charge is 0.347 e. The van der Waals surface area contributed by atoms with E-state index in [2.05, 4.69) is 15.3 Å². The van der Waals surface area contributed by atoms with E-state index in [0.29, 0.717) is 5.92 Å². The Morgan fingerprint density at radius 2 is 2.00 bits per heavy atom. The highest BCUT2D eigenvalue weighted by Gasteiger charge is 2.31. The van der Waals surface area contributed by atoms with Gasteiger partial charge in [-0.1, -0.05) is 0 Å². The first-order valence-corrected chi connectivity index (χ1v) is 5.53. The average molecular weight is 204 g/mol. The summed E-state index contributed by atoms with van der Waals surface area (Å²) in [5.74, 6) is 1.57. The molecule has 4 nitrogen and oxygen atoms in total. The summed E-state index contributed by atoms with van der Waals surface area (Å²) in [6.45, 7) is 1.85. The molecule has 4 heteroatoms. The number of nitrogens with zero attached hydrogens (tertiary/aromatic N) is 3. The van der Waals surface area contributed by atoms with Crippen molar-refractivity contribution in [1.82, 2.24) is 15.3 Å². The van der Waals surface area contributed by atoms with Crippen molar-refractivity contribution in [3.05, 3.63) is 17.0 Å². The van der Waals surface area contributed by atoms with Crippen molar-refractivity contribution in [3.63, 3.8) is 0 Å². The van der Waals surface area contributed by atoms with Crippen LogP contribution in [0.5, 0.6) is 0 Å². The Hall–Kier alpha value is -1.16. The zero-order chi connectivity index (χ0) is 10.4. The lowest BCUT2D eigenvalue weighted by atomic mass is 10.1. The predicted molar refractivity (Wildman–Crippen MR) is 58.9 cm³/mol. The lowest BCUT2D eigenvalue weighted by Gasteiger charge is -2.14. The molecule has 1 N–H and O–H groups in total. The molecule has 0 bridgehead atoms.